The Kier molecular flexibility index (Phi) is 4.65. The molecule has 1 saturated heterocycles. The Balaban J connectivity index is 2.53. The minimum atomic E-state index is -3.81. The maximum atomic E-state index is 13.0. The lowest BCUT2D eigenvalue weighted by Crippen LogP contribution is -2.50. The molecule has 0 radical (unpaired) electrons. The number of hydrogen-bond donors (Lipinski definition) is 0. The highest BCUT2D eigenvalue weighted by atomic mass is 35.5. The van der Waals surface area contributed by atoms with Crippen molar-refractivity contribution in [3.63, 3.8) is 0 Å². The first-order chi connectivity index (χ1) is 10.0. The van der Waals surface area contributed by atoms with Crippen molar-refractivity contribution in [3.8, 4) is 0 Å². The lowest BCUT2D eigenvalue weighted by atomic mass is 10.0. The van der Waals surface area contributed by atoms with E-state index in [2.05, 4.69) is 0 Å². The molecule has 1 aromatic carbocycles. The fourth-order valence-corrected chi connectivity index (χ4v) is 7.53. The van der Waals surface area contributed by atoms with Crippen LogP contribution in [0.2, 0.25) is 5.02 Å². The van der Waals surface area contributed by atoms with Gasteiger partial charge in [-0.2, -0.15) is 4.31 Å². The first kappa shape index (κ1) is 17.7. The van der Waals surface area contributed by atoms with Crippen molar-refractivity contribution in [1.29, 1.82) is 0 Å². The molecule has 1 heterocycles. The van der Waals surface area contributed by atoms with Crippen LogP contribution in [0.4, 0.5) is 0 Å². The monoisotopic (exact) mass is 365 g/mol. The molecule has 1 aromatic rings. The van der Waals surface area contributed by atoms with Crippen LogP contribution in [0.25, 0.3) is 0 Å². The first-order valence-corrected chi connectivity index (χ1v) is 10.7. The van der Waals surface area contributed by atoms with E-state index < -0.39 is 25.4 Å². The maximum Gasteiger partial charge on any atom is 0.243 e. The zero-order valence-electron chi connectivity index (χ0n) is 12.8. The number of sulfone groups is 1. The van der Waals surface area contributed by atoms with E-state index in [1.165, 1.54) is 10.4 Å². The highest BCUT2D eigenvalue weighted by molar-refractivity contribution is 7.92. The third-order valence-corrected chi connectivity index (χ3v) is 8.49. The molecule has 5 nitrogen and oxygen atoms in total. The van der Waals surface area contributed by atoms with Gasteiger partial charge in [0, 0.05) is 17.1 Å². The van der Waals surface area contributed by atoms with Crippen LogP contribution < -0.4 is 0 Å². The van der Waals surface area contributed by atoms with Crippen LogP contribution in [0.1, 0.15) is 25.8 Å². The number of nitrogens with zero attached hydrogens (tertiary/aromatic N) is 1. The Morgan fingerprint density at radius 3 is 2.50 bits per heavy atom. The van der Waals surface area contributed by atoms with Crippen molar-refractivity contribution in [2.45, 2.75) is 37.6 Å². The summed E-state index contributed by atoms with van der Waals surface area (Å²) in [6, 6.07) is 4.70. The minimum absolute atomic E-state index is 0.0179. The maximum absolute atomic E-state index is 13.0. The fourth-order valence-electron chi connectivity index (χ4n) is 3.00. The Bertz CT molecular complexity index is 789. The Morgan fingerprint density at radius 2 is 2.00 bits per heavy atom. The molecular formula is C14H20ClNO4S2. The molecule has 8 heteroatoms. The molecule has 1 aliphatic heterocycles. The highest BCUT2D eigenvalue weighted by Gasteiger charge is 2.47. The van der Waals surface area contributed by atoms with Gasteiger partial charge in [-0.05, 0) is 38.0 Å². The molecule has 124 valence electrons. The zero-order valence-corrected chi connectivity index (χ0v) is 15.2. The predicted molar refractivity (Wildman–Crippen MR) is 87.4 cm³/mol. The van der Waals surface area contributed by atoms with E-state index >= 15 is 0 Å². The summed E-state index contributed by atoms with van der Waals surface area (Å²) in [5, 5.41) is 0.337. The van der Waals surface area contributed by atoms with Gasteiger partial charge in [0.1, 0.15) is 0 Å². The number of benzene rings is 1. The largest absolute Gasteiger partial charge is 0.243 e. The van der Waals surface area contributed by atoms with Crippen LogP contribution in [-0.4, -0.2) is 44.7 Å². The van der Waals surface area contributed by atoms with E-state index in [9.17, 15) is 16.8 Å². The summed E-state index contributed by atoms with van der Waals surface area (Å²) >= 11 is 5.93. The second-order valence-electron chi connectivity index (χ2n) is 5.92. The third kappa shape index (κ3) is 3.18. The lowest BCUT2D eigenvalue weighted by Gasteiger charge is -2.36. The fraction of sp³-hybridized carbons (Fsp3) is 0.571. The van der Waals surface area contributed by atoms with E-state index in [-0.39, 0.29) is 22.9 Å². The van der Waals surface area contributed by atoms with Gasteiger partial charge in [-0.3, -0.25) is 0 Å². The topological polar surface area (TPSA) is 71.5 Å². The summed E-state index contributed by atoms with van der Waals surface area (Å²) in [6.45, 7) is 5.32. The predicted octanol–water partition coefficient (Wildman–Crippen LogP) is 2.24. The van der Waals surface area contributed by atoms with Crippen molar-refractivity contribution in [1.82, 2.24) is 4.31 Å². The van der Waals surface area contributed by atoms with Crippen LogP contribution in [0.5, 0.6) is 0 Å². The van der Waals surface area contributed by atoms with Crippen LogP contribution in [0, 0.1) is 6.92 Å². The molecule has 1 atom stereocenters. The van der Waals surface area contributed by atoms with Crippen LogP contribution in [0.15, 0.2) is 23.1 Å². The quantitative estimate of drug-likeness (QED) is 0.820. The van der Waals surface area contributed by atoms with E-state index in [1.807, 2.05) is 0 Å². The van der Waals surface area contributed by atoms with Crippen molar-refractivity contribution in [2.24, 2.45) is 0 Å². The number of sulfonamides is 1. The summed E-state index contributed by atoms with van der Waals surface area (Å²) in [5.74, 6) is -0.128. The average molecular weight is 366 g/mol. The molecule has 0 aromatic heterocycles. The zero-order chi connectivity index (χ0) is 16.8. The number of hydrogen-bond acceptors (Lipinski definition) is 4. The number of rotatable bonds is 4. The molecule has 0 aliphatic carbocycles. The average Bonchev–Trinajstić information content (AvgIpc) is 2.67. The summed E-state index contributed by atoms with van der Waals surface area (Å²) in [6.07, 6.45) is 0.308. The summed E-state index contributed by atoms with van der Waals surface area (Å²) in [7, 11) is -7.01. The van der Waals surface area contributed by atoms with E-state index in [4.69, 9.17) is 11.6 Å². The second kappa shape index (κ2) is 5.78. The van der Waals surface area contributed by atoms with Gasteiger partial charge in [0.25, 0.3) is 0 Å². The standard InChI is InChI=1S/C14H20ClNO4S2/c1-4-16(14(3)7-8-21(17,18)10-14)22(19,20)13-9-12(15)6-5-11(13)2/h5-6,9H,4,7-8,10H2,1-3H3/t14-/m0/s1. The van der Waals surface area contributed by atoms with Gasteiger partial charge < -0.3 is 0 Å². The molecule has 0 saturated carbocycles. The molecule has 1 aliphatic rings. The van der Waals surface area contributed by atoms with Gasteiger partial charge in [0.05, 0.1) is 16.4 Å². The van der Waals surface area contributed by atoms with Gasteiger partial charge in [-0.15, -0.1) is 0 Å². The Morgan fingerprint density at radius 1 is 1.36 bits per heavy atom. The van der Waals surface area contributed by atoms with Gasteiger partial charge in [-0.25, -0.2) is 16.8 Å². The molecule has 0 unspecified atom stereocenters. The first-order valence-electron chi connectivity index (χ1n) is 7.01. The molecule has 0 spiro atoms. The molecule has 0 bridgehead atoms. The van der Waals surface area contributed by atoms with Crippen LogP contribution in [-0.2, 0) is 19.9 Å². The molecule has 1 fully saturated rings. The van der Waals surface area contributed by atoms with Gasteiger partial charge >= 0.3 is 0 Å². The van der Waals surface area contributed by atoms with Gasteiger partial charge in [0.2, 0.25) is 10.0 Å². The van der Waals surface area contributed by atoms with E-state index in [1.54, 1.807) is 32.9 Å². The Labute approximate surface area is 137 Å². The number of halogens is 1. The number of aryl methyl sites for hydroxylation is 1. The SMILES string of the molecule is CCN([C@@]1(C)CCS(=O)(=O)C1)S(=O)(=O)c1cc(Cl)ccc1C. The molecule has 22 heavy (non-hydrogen) atoms. The lowest BCUT2D eigenvalue weighted by molar-refractivity contribution is 0.243. The van der Waals surface area contributed by atoms with Crippen molar-refractivity contribution < 1.29 is 16.8 Å². The van der Waals surface area contributed by atoms with E-state index in [0.29, 0.717) is 17.0 Å². The molecular weight excluding hydrogens is 346 g/mol. The van der Waals surface area contributed by atoms with Gasteiger partial charge in [0.15, 0.2) is 9.84 Å². The molecule has 0 amide bonds. The van der Waals surface area contributed by atoms with Crippen molar-refractivity contribution >= 4 is 31.5 Å². The van der Waals surface area contributed by atoms with Crippen LogP contribution >= 0.6 is 11.6 Å². The summed E-state index contributed by atoms with van der Waals surface area (Å²) < 4.78 is 50.9. The molecule has 0 N–H and O–H groups in total. The van der Waals surface area contributed by atoms with Crippen molar-refractivity contribution in [2.75, 3.05) is 18.1 Å². The minimum Gasteiger partial charge on any atom is -0.229 e. The normalized spacial score (nSPS) is 24.8. The van der Waals surface area contributed by atoms with Gasteiger partial charge in [-0.1, -0.05) is 24.6 Å². The highest BCUT2D eigenvalue weighted by Crippen LogP contribution is 2.35. The summed E-state index contributed by atoms with van der Waals surface area (Å²) in [4.78, 5) is 0.132. The summed E-state index contributed by atoms with van der Waals surface area (Å²) in [5.41, 5.74) is -0.325. The van der Waals surface area contributed by atoms with Crippen molar-refractivity contribution in [3.05, 3.63) is 28.8 Å². The smallest absolute Gasteiger partial charge is 0.229 e. The second-order valence-corrected chi connectivity index (χ2v) is 10.4. The van der Waals surface area contributed by atoms with Crippen LogP contribution in [0.3, 0.4) is 0 Å². The third-order valence-electron chi connectivity index (χ3n) is 4.09. The Hall–Kier alpha value is -0.630. The molecule has 2 rings (SSSR count). The van der Waals surface area contributed by atoms with E-state index in [0.717, 1.165) is 0 Å².